The van der Waals surface area contributed by atoms with Crippen LogP contribution in [0, 0.1) is 0 Å². The molecule has 0 spiro atoms. The topological polar surface area (TPSA) is 85.9 Å². The smallest absolute Gasteiger partial charge is 0.338 e. The Morgan fingerprint density at radius 1 is 1.15 bits per heavy atom. The number of carbonyl (C=O) groups is 2. The quantitative estimate of drug-likeness (QED) is 0.694. The van der Waals surface area contributed by atoms with Crippen molar-refractivity contribution in [1.82, 2.24) is 10.6 Å². The number of amides is 2. The van der Waals surface area contributed by atoms with Crippen LogP contribution in [0.15, 0.2) is 29.5 Å². The Morgan fingerprint density at radius 3 is 2.54 bits per heavy atom. The molecular formula is C19H26N2O5. The summed E-state index contributed by atoms with van der Waals surface area (Å²) in [5, 5.41) is 5.41. The molecule has 26 heavy (non-hydrogen) atoms. The highest BCUT2D eigenvalue weighted by Crippen LogP contribution is 2.34. The highest BCUT2D eigenvalue weighted by molar-refractivity contribution is 5.95. The molecule has 1 atom stereocenters. The molecule has 0 fully saturated rings. The monoisotopic (exact) mass is 362 g/mol. The lowest BCUT2D eigenvalue weighted by atomic mass is 9.95. The number of hydrogen-bond donors (Lipinski definition) is 2. The Bertz CT molecular complexity index is 699. The minimum atomic E-state index is -0.623. The molecule has 7 heteroatoms. The summed E-state index contributed by atoms with van der Waals surface area (Å²) in [6.07, 6.45) is 1.60. The van der Waals surface area contributed by atoms with Crippen LogP contribution in [0.2, 0.25) is 0 Å². The van der Waals surface area contributed by atoms with E-state index in [1.807, 2.05) is 19.9 Å². The van der Waals surface area contributed by atoms with Crippen molar-refractivity contribution in [2.45, 2.75) is 39.7 Å². The molecule has 1 aliphatic heterocycles. The van der Waals surface area contributed by atoms with Crippen LogP contribution in [0.3, 0.4) is 0 Å². The van der Waals surface area contributed by atoms with Gasteiger partial charge in [0.15, 0.2) is 11.5 Å². The first-order chi connectivity index (χ1) is 12.5. The van der Waals surface area contributed by atoms with E-state index in [1.165, 1.54) is 0 Å². The predicted octanol–water partition coefficient (Wildman–Crippen LogP) is 3.07. The minimum absolute atomic E-state index is 0.323. The van der Waals surface area contributed by atoms with Gasteiger partial charge in [0.2, 0.25) is 0 Å². The van der Waals surface area contributed by atoms with Gasteiger partial charge in [-0.2, -0.15) is 0 Å². The fourth-order valence-electron chi connectivity index (χ4n) is 2.68. The van der Waals surface area contributed by atoms with Crippen molar-refractivity contribution in [3.63, 3.8) is 0 Å². The summed E-state index contributed by atoms with van der Waals surface area (Å²) < 4.78 is 16.3. The van der Waals surface area contributed by atoms with Crippen molar-refractivity contribution in [2.24, 2.45) is 0 Å². The van der Waals surface area contributed by atoms with Gasteiger partial charge in [-0.25, -0.2) is 9.59 Å². The van der Waals surface area contributed by atoms with E-state index < -0.39 is 12.0 Å². The summed E-state index contributed by atoms with van der Waals surface area (Å²) in [6, 6.07) is 4.36. The first-order valence-electron chi connectivity index (χ1n) is 8.77. The molecule has 1 aromatic carbocycles. The molecule has 2 amide bonds. The SMILES string of the molecule is CCCOC(=O)C1=C(C)NC(=O)N[C@@H]1c1ccc(OCCC)c(OC)c1. The van der Waals surface area contributed by atoms with Crippen LogP contribution in [0.5, 0.6) is 11.5 Å². The molecule has 0 unspecified atom stereocenters. The standard InChI is InChI=1S/C19H26N2O5/c1-5-9-25-14-8-7-13(11-15(14)24-4)17-16(18(22)26-10-6-2)12(3)20-19(23)21-17/h7-8,11,17H,5-6,9-10H2,1-4H3,(H2,20,21,23)/t17-/m1/s1. The Morgan fingerprint density at radius 2 is 1.88 bits per heavy atom. The van der Waals surface area contributed by atoms with E-state index in [0.29, 0.717) is 41.5 Å². The number of allylic oxidation sites excluding steroid dienone is 1. The third-order valence-electron chi connectivity index (χ3n) is 3.91. The number of ether oxygens (including phenoxy) is 3. The Labute approximate surface area is 153 Å². The molecule has 0 saturated carbocycles. The Kier molecular flexibility index (Phi) is 6.89. The van der Waals surface area contributed by atoms with E-state index in [9.17, 15) is 9.59 Å². The van der Waals surface area contributed by atoms with Crippen LogP contribution >= 0.6 is 0 Å². The zero-order valence-corrected chi connectivity index (χ0v) is 15.7. The molecule has 2 N–H and O–H groups in total. The van der Waals surface area contributed by atoms with Crippen molar-refractivity contribution < 1.29 is 23.8 Å². The van der Waals surface area contributed by atoms with Crippen LogP contribution in [0.25, 0.3) is 0 Å². The molecule has 1 aliphatic rings. The molecular weight excluding hydrogens is 336 g/mol. The predicted molar refractivity (Wildman–Crippen MR) is 97.1 cm³/mol. The fraction of sp³-hybridized carbons (Fsp3) is 0.474. The van der Waals surface area contributed by atoms with Gasteiger partial charge in [-0.1, -0.05) is 19.9 Å². The molecule has 0 aromatic heterocycles. The van der Waals surface area contributed by atoms with E-state index >= 15 is 0 Å². The zero-order valence-electron chi connectivity index (χ0n) is 15.7. The first-order valence-corrected chi connectivity index (χ1v) is 8.77. The van der Waals surface area contributed by atoms with Crippen LogP contribution in [-0.2, 0) is 9.53 Å². The second-order valence-electron chi connectivity index (χ2n) is 5.96. The van der Waals surface area contributed by atoms with Gasteiger partial charge in [-0.05, 0) is 37.5 Å². The molecule has 0 aliphatic carbocycles. The van der Waals surface area contributed by atoms with Crippen LogP contribution in [-0.4, -0.2) is 32.3 Å². The fourth-order valence-corrected chi connectivity index (χ4v) is 2.68. The number of rotatable bonds is 8. The lowest BCUT2D eigenvalue weighted by molar-refractivity contribution is -0.139. The van der Waals surface area contributed by atoms with Crippen molar-refractivity contribution >= 4 is 12.0 Å². The van der Waals surface area contributed by atoms with E-state index in [1.54, 1.807) is 26.2 Å². The summed E-state index contributed by atoms with van der Waals surface area (Å²) in [6.45, 7) is 6.53. The van der Waals surface area contributed by atoms with Crippen LogP contribution < -0.4 is 20.1 Å². The molecule has 0 saturated heterocycles. The number of esters is 1. The first kappa shape index (κ1) is 19.6. The number of methoxy groups -OCH3 is 1. The molecule has 1 aromatic rings. The van der Waals surface area contributed by atoms with Gasteiger partial charge < -0.3 is 24.8 Å². The van der Waals surface area contributed by atoms with Crippen molar-refractivity contribution in [1.29, 1.82) is 0 Å². The summed E-state index contributed by atoms with van der Waals surface area (Å²) in [5.41, 5.74) is 1.57. The second kappa shape index (κ2) is 9.12. The maximum Gasteiger partial charge on any atom is 0.338 e. The Balaban J connectivity index is 2.38. The van der Waals surface area contributed by atoms with E-state index in [-0.39, 0.29) is 6.03 Å². The number of urea groups is 1. The summed E-state index contributed by atoms with van der Waals surface area (Å²) in [7, 11) is 1.55. The van der Waals surface area contributed by atoms with Gasteiger partial charge in [0.05, 0.1) is 31.9 Å². The maximum absolute atomic E-state index is 12.5. The lowest BCUT2D eigenvalue weighted by Crippen LogP contribution is -2.45. The van der Waals surface area contributed by atoms with Gasteiger partial charge in [-0.15, -0.1) is 0 Å². The molecule has 2 rings (SSSR count). The van der Waals surface area contributed by atoms with Crippen molar-refractivity contribution in [2.75, 3.05) is 20.3 Å². The number of benzene rings is 1. The third-order valence-corrected chi connectivity index (χ3v) is 3.91. The molecule has 7 nitrogen and oxygen atoms in total. The molecule has 0 bridgehead atoms. The molecule has 142 valence electrons. The summed E-state index contributed by atoms with van der Waals surface area (Å²) >= 11 is 0. The van der Waals surface area contributed by atoms with E-state index in [4.69, 9.17) is 14.2 Å². The van der Waals surface area contributed by atoms with E-state index in [2.05, 4.69) is 10.6 Å². The van der Waals surface area contributed by atoms with Crippen LogP contribution in [0.1, 0.15) is 45.2 Å². The highest BCUT2D eigenvalue weighted by atomic mass is 16.5. The van der Waals surface area contributed by atoms with Gasteiger partial charge in [0.25, 0.3) is 0 Å². The van der Waals surface area contributed by atoms with Gasteiger partial charge >= 0.3 is 12.0 Å². The summed E-state index contributed by atoms with van der Waals surface area (Å²) in [5.74, 6) is 0.712. The lowest BCUT2D eigenvalue weighted by Gasteiger charge is -2.28. The zero-order chi connectivity index (χ0) is 19.1. The van der Waals surface area contributed by atoms with Crippen molar-refractivity contribution in [3.8, 4) is 11.5 Å². The third kappa shape index (κ3) is 4.47. The van der Waals surface area contributed by atoms with E-state index in [0.717, 1.165) is 12.8 Å². The normalized spacial score (nSPS) is 16.6. The largest absolute Gasteiger partial charge is 0.493 e. The minimum Gasteiger partial charge on any atom is -0.493 e. The molecule has 0 radical (unpaired) electrons. The Hall–Kier alpha value is -2.70. The average molecular weight is 362 g/mol. The number of nitrogens with one attached hydrogen (secondary N) is 2. The average Bonchev–Trinajstić information content (AvgIpc) is 2.63. The molecule has 1 heterocycles. The number of carbonyl (C=O) groups excluding carboxylic acids is 2. The second-order valence-corrected chi connectivity index (χ2v) is 5.96. The van der Waals surface area contributed by atoms with Crippen molar-refractivity contribution in [3.05, 3.63) is 35.0 Å². The maximum atomic E-state index is 12.5. The van der Waals surface area contributed by atoms with Gasteiger partial charge in [-0.3, -0.25) is 0 Å². The van der Waals surface area contributed by atoms with Gasteiger partial charge in [0.1, 0.15) is 0 Å². The van der Waals surface area contributed by atoms with Crippen LogP contribution in [0.4, 0.5) is 4.79 Å². The van der Waals surface area contributed by atoms with Gasteiger partial charge in [0, 0.05) is 5.70 Å². The highest BCUT2D eigenvalue weighted by Gasteiger charge is 2.32. The number of hydrogen-bond acceptors (Lipinski definition) is 5. The summed E-state index contributed by atoms with van der Waals surface area (Å²) in [4.78, 5) is 24.4.